The van der Waals surface area contributed by atoms with Crippen LogP contribution in [0.1, 0.15) is 40.2 Å². The lowest BCUT2D eigenvalue weighted by Crippen LogP contribution is -2.32. The van der Waals surface area contributed by atoms with E-state index in [2.05, 4.69) is 4.72 Å². The van der Waals surface area contributed by atoms with Crippen molar-refractivity contribution in [1.82, 2.24) is 4.72 Å². The highest BCUT2D eigenvalue weighted by Crippen LogP contribution is 2.39. The molecule has 0 aliphatic carbocycles. The SMILES string of the molecule is CC(=O)OC1c2ccccc2C(=O)N1c1ccccc1CNS(=O)(=O)c1ccc(C)cc1. The smallest absolute Gasteiger partial charge is 0.304 e. The van der Waals surface area contributed by atoms with Gasteiger partial charge >= 0.3 is 5.97 Å². The maximum absolute atomic E-state index is 13.2. The van der Waals surface area contributed by atoms with Crippen molar-refractivity contribution in [3.8, 4) is 0 Å². The summed E-state index contributed by atoms with van der Waals surface area (Å²) >= 11 is 0. The number of aryl methyl sites for hydroxylation is 1. The molecule has 32 heavy (non-hydrogen) atoms. The van der Waals surface area contributed by atoms with Gasteiger partial charge in [0, 0.05) is 24.6 Å². The number of benzene rings is 3. The zero-order valence-electron chi connectivity index (χ0n) is 17.6. The maximum Gasteiger partial charge on any atom is 0.304 e. The van der Waals surface area contributed by atoms with Gasteiger partial charge in [0.05, 0.1) is 10.6 Å². The molecule has 1 atom stereocenters. The van der Waals surface area contributed by atoms with E-state index in [-0.39, 0.29) is 17.3 Å². The number of carbonyl (C=O) groups is 2. The summed E-state index contributed by atoms with van der Waals surface area (Å²) in [7, 11) is -3.75. The minimum Gasteiger partial charge on any atom is -0.437 e. The molecular weight excluding hydrogens is 428 g/mol. The van der Waals surface area contributed by atoms with Crippen LogP contribution in [0.4, 0.5) is 5.69 Å². The quantitative estimate of drug-likeness (QED) is 0.578. The first-order valence-electron chi connectivity index (χ1n) is 10.0. The molecule has 4 rings (SSSR count). The molecule has 0 saturated heterocycles. The van der Waals surface area contributed by atoms with E-state index in [9.17, 15) is 18.0 Å². The van der Waals surface area contributed by atoms with Crippen molar-refractivity contribution in [3.63, 3.8) is 0 Å². The van der Waals surface area contributed by atoms with Crippen molar-refractivity contribution in [2.45, 2.75) is 31.5 Å². The van der Waals surface area contributed by atoms with E-state index in [1.807, 2.05) is 6.92 Å². The molecule has 0 saturated carbocycles. The lowest BCUT2D eigenvalue weighted by Gasteiger charge is -2.27. The Kier molecular flexibility index (Phi) is 5.82. The molecule has 8 heteroatoms. The van der Waals surface area contributed by atoms with Crippen molar-refractivity contribution in [3.05, 3.63) is 95.1 Å². The number of nitrogens with one attached hydrogen (secondary N) is 1. The molecular formula is C24H22N2O5S. The number of ether oxygens (including phenoxy) is 1. The molecule has 0 bridgehead atoms. The number of amides is 1. The van der Waals surface area contributed by atoms with E-state index >= 15 is 0 Å². The fourth-order valence-electron chi connectivity index (χ4n) is 3.66. The van der Waals surface area contributed by atoms with E-state index in [1.165, 1.54) is 11.8 Å². The Bertz CT molecular complexity index is 1290. The van der Waals surface area contributed by atoms with Crippen LogP contribution in [0.15, 0.2) is 77.7 Å². The number of fused-ring (bicyclic) bond motifs is 1. The number of hydrogen-bond donors (Lipinski definition) is 1. The van der Waals surface area contributed by atoms with E-state index < -0.39 is 22.2 Å². The summed E-state index contributed by atoms with van der Waals surface area (Å²) in [5, 5.41) is 0. The van der Waals surface area contributed by atoms with Crippen LogP contribution in [0.25, 0.3) is 0 Å². The Morgan fingerprint density at radius 1 is 1.00 bits per heavy atom. The molecule has 7 nitrogen and oxygen atoms in total. The van der Waals surface area contributed by atoms with Gasteiger partial charge in [-0.1, -0.05) is 54.1 Å². The molecule has 0 spiro atoms. The standard InChI is InChI=1S/C24H22N2O5S/c1-16-11-13-19(14-12-16)32(29,30)25-15-18-7-3-6-10-22(18)26-23(28)20-8-4-5-9-21(20)24(26)31-17(2)27/h3-14,24-25H,15H2,1-2H3. The molecule has 164 valence electrons. The van der Waals surface area contributed by atoms with Crippen molar-refractivity contribution < 1.29 is 22.7 Å². The second-order valence-electron chi connectivity index (χ2n) is 7.49. The molecule has 1 N–H and O–H groups in total. The number of carbonyl (C=O) groups excluding carboxylic acids is 2. The highest BCUT2D eigenvalue weighted by atomic mass is 32.2. The summed E-state index contributed by atoms with van der Waals surface area (Å²) in [6, 6.07) is 20.4. The second-order valence-corrected chi connectivity index (χ2v) is 9.26. The summed E-state index contributed by atoms with van der Waals surface area (Å²) in [5.74, 6) is -0.845. The van der Waals surface area contributed by atoms with E-state index in [0.717, 1.165) is 5.56 Å². The third-order valence-electron chi connectivity index (χ3n) is 5.22. The number of esters is 1. The van der Waals surface area contributed by atoms with Gasteiger partial charge in [-0.3, -0.25) is 14.5 Å². The number of para-hydroxylation sites is 1. The minimum atomic E-state index is -3.75. The normalized spacial score (nSPS) is 15.5. The van der Waals surface area contributed by atoms with Crippen LogP contribution >= 0.6 is 0 Å². The molecule has 1 aliphatic rings. The first-order valence-corrected chi connectivity index (χ1v) is 11.5. The van der Waals surface area contributed by atoms with Crippen molar-refractivity contribution >= 4 is 27.6 Å². The lowest BCUT2D eigenvalue weighted by molar-refractivity contribution is -0.146. The number of rotatable bonds is 6. The predicted octanol–water partition coefficient (Wildman–Crippen LogP) is 3.70. The van der Waals surface area contributed by atoms with Gasteiger partial charge in [-0.2, -0.15) is 0 Å². The van der Waals surface area contributed by atoms with Crippen molar-refractivity contribution in [1.29, 1.82) is 0 Å². The first kappa shape index (κ1) is 21.7. The van der Waals surface area contributed by atoms with Crippen LogP contribution in [0, 0.1) is 6.92 Å². The lowest BCUT2D eigenvalue weighted by atomic mass is 10.1. The Labute approximate surface area is 186 Å². The van der Waals surface area contributed by atoms with Crippen molar-refractivity contribution in [2.75, 3.05) is 4.90 Å². The zero-order valence-corrected chi connectivity index (χ0v) is 18.4. The molecule has 0 aromatic heterocycles. The van der Waals surface area contributed by atoms with Gasteiger partial charge in [0.25, 0.3) is 5.91 Å². The van der Waals surface area contributed by atoms with Gasteiger partial charge in [0.15, 0.2) is 0 Å². The summed E-state index contributed by atoms with van der Waals surface area (Å²) in [4.78, 5) is 26.5. The molecule has 3 aromatic rings. The van der Waals surface area contributed by atoms with Crippen LogP contribution in [0.3, 0.4) is 0 Å². The van der Waals surface area contributed by atoms with Crippen LogP contribution in [-0.4, -0.2) is 20.3 Å². The third kappa shape index (κ3) is 4.15. The van der Waals surface area contributed by atoms with Crippen molar-refractivity contribution in [2.24, 2.45) is 0 Å². The highest BCUT2D eigenvalue weighted by Gasteiger charge is 2.40. The van der Waals surface area contributed by atoms with Crippen LogP contribution in [0.2, 0.25) is 0 Å². The third-order valence-corrected chi connectivity index (χ3v) is 6.64. The molecule has 1 unspecified atom stereocenters. The molecule has 3 aromatic carbocycles. The van der Waals surface area contributed by atoms with Gasteiger partial charge < -0.3 is 4.74 Å². The van der Waals surface area contributed by atoms with Gasteiger partial charge in [0.2, 0.25) is 16.3 Å². The second kappa shape index (κ2) is 8.57. The van der Waals surface area contributed by atoms with Gasteiger partial charge in [-0.05, 0) is 36.8 Å². The van der Waals surface area contributed by atoms with Crippen LogP contribution < -0.4 is 9.62 Å². The topological polar surface area (TPSA) is 92.8 Å². The Hall–Kier alpha value is -3.49. The van der Waals surface area contributed by atoms with E-state index in [4.69, 9.17) is 4.74 Å². The van der Waals surface area contributed by atoms with Gasteiger partial charge in [0.1, 0.15) is 0 Å². The summed E-state index contributed by atoms with van der Waals surface area (Å²) in [5.41, 5.74) is 3.02. The maximum atomic E-state index is 13.2. The Morgan fingerprint density at radius 3 is 2.38 bits per heavy atom. The molecule has 1 amide bonds. The zero-order chi connectivity index (χ0) is 22.9. The molecule has 0 radical (unpaired) electrons. The fourth-order valence-corrected chi connectivity index (χ4v) is 4.67. The molecule has 1 aliphatic heterocycles. The number of hydrogen-bond acceptors (Lipinski definition) is 5. The minimum absolute atomic E-state index is 0.0424. The van der Waals surface area contributed by atoms with E-state index in [0.29, 0.717) is 22.4 Å². The average molecular weight is 451 g/mol. The summed E-state index contributed by atoms with van der Waals surface area (Å²) < 4.78 is 33.6. The fraction of sp³-hybridized carbons (Fsp3) is 0.167. The van der Waals surface area contributed by atoms with Crippen LogP contribution in [-0.2, 0) is 26.1 Å². The number of nitrogens with zero attached hydrogens (tertiary/aromatic N) is 1. The highest BCUT2D eigenvalue weighted by molar-refractivity contribution is 7.89. The largest absolute Gasteiger partial charge is 0.437 e. The monoisotopic (exact) mass is 450 g/mol. The van der Waals surface area contributed by atoms with Gasteiger partial charge in [-0.25, -0.2) is 13.1 Å². The Balaban J connectivity index is 1.66. The van der Waals surface area contributed by atoms with Gasteiger partial charge in [-0.15, -0.1) is 0 Å². The number of anilines is 1. The average Bonchev–Trinajstić information content (AvgIpc) is 3.04. The predicted molar refractivity (Wildman–Crippen MR) is 119 cm³/mol. The first-order chi connectivity index (χ1) is 15.3. The molecule has 1 heterocycles. The Morgan fingerprint density at radius 2 is 1.66 bits per heavy atom. The number of sulfonamides is 1. The summed E-state index contributed by atoms with van der Waals surface area (Å²) in [6.07, 6.45) is -0.925. The molecule has 0 fully saturated rings. The van der Waals surface area contributed by atoms with Crippen LogP contribution in [0.5, 0.6) is 0 Å². The van der Waals surface area contributed by atoms with E-state index in [1.54, 1.807) is 72.8 Å². The summed E-state index contributed by atoms with van der Waals surface area (Å²) in [6.45, 7) is 3.12.